The highest BCUT2D eigenvalue weighted by Crippen LogP contribution is 2.04. The van der Waals surface area contributed by atoms with E-state index in [1.165, 1.54) is 12.1 Å². The van der Waals surface area contributed by atoms with Gasteiger partial charge in [-0.3, -0.25) is 4.79 Å². The molecule has 0 saturated carbocycles. The Morgan fingerprint density at radius 2 is 1.35 bits per heavy atom. The third kappa shape index (κ3) is 3.62. The first-order valence-corrected chi connectivity index (χ1v) is 6.05. The molecule has 0 aliphatic rings. The predicted molar refractivity (Wildman–Crippen MR) is 72.0 cm³/mol. The lowest BCUT2D eigenvalue weighted by Gasteiger charge is -2.02. The van der Waals surface area contributed by atoms with Crippen LogP contribution >= 0.6 is 0 Å². The first-order valence-electron chi connectivity index (χ1n) is 6.05. The smallest absolute Gasteiger partial charge is 0.382 e. The zero-order valence-electron chi connectivity index (χ0n) is 10.6. The van der Waals surface area contributed by atoms with Gasteiger partial charge in [0.2, 0.25) is 5.78 Å². The van der Waals surface area contributed by atoms with Gasteiger partial charge in [-0.2, -0.15) is 0 Å². The molecule has 0 heterocycles. The van der Waals surface area contributed by atoms with Crippen LogP contribution in [0.3, 0.4) is 0 Å². The number of carbonyl (C=O) groups excluding carboxylic acids is 3. The summed E-state index contributed by atoms with van der Waals surface area (Å²) >= 11 is 0. The fourth-order valence-electron chi connectivity index (χ4n) is 1.63. The van der Waals surface area contributed by atoms with Crippen molar-refractivity contribution in [3.05, 3.63) is 71.8 Å². The van der Waals surface area contributed by atoms with Crippen LogP contribution in [0.1, 0.15) is 15.9 Å². The molecule has 0 unspecified atom stereocenters. The van der Waals surface area contributed by atoms with Crippen LogP contribution in [0.5, 0.6) is 0 Å². The summed E-state index contributed by atoms with van der Waals surface area (Å²) in [6, 6.07) is 16.8. The van der Waals surface area contributed by atoms with E-state index >= 15 is 0 Å². The summed E-state index contributed by atoms with van der Waals surface area (Å²) in [4.78, 5) is 34.8. The third-order valence-electron chi connectivity index (χ3n) is 2.63. The third-order valence-corrected chi connectivity index (χ3v) is 2.63. The molecule has 0 radical (unpaired) electrons. The summed E-state index contributed by atoms with van der Waals surface area (Å²) in [6.45, 7) is 0. The highest BCUT2D eigenvalue weighted by atomic mass is 16.6. The van der Waals surface area contributed by atoms with E-state index in [9.17, 15) is 14.4 Å². The Labute approximate surface area is 116 Å². The molecule has 0 spiro atoms. The second-order valence-corrected chi connectivity index (χ2v) is 4.13. The fraction of sp³-hybridized carbons (Fsp3) is 0.0625. The number of hydrogen-bond acceptors (Lipinski definition) is 4. The average molecular weight is 268 g/mol. The van der Waals surface area contributed by atoms with Gasteiger partial charge in [-0.25, -0.2) is 9.59 Å². The maximum atomic E-state index is 11.7. The average Bonchev–Trinajstić information content (AvgIpc) is 2.49. The molecule has 0 N–H and O–H groups in total. The number of carbonyl (C=O) groups is 3. The van der Waals surface area contributed by atoms with Crippen molar-refractivity contribution in [2.75, 3.05) is 0 Å². The lowest BCUT2D eigenvalue weighted by molar-refractivity contribution is -0.149. The molecule has 0 aliphatic carbocycles. The van der Waals surface area contributed by atoms with Crippen LogP contribution in [0.4, 0.5) is 0 Å². The number of rotatable bonds is 4. The van der Waals surface area contributed by atoms with E-state index in [2.05, 4.69) is 4.74 Å². The molecule has 2 aromatic rings. The van der Waals surface area contributed by atoms with Crippen molar-refractivity contribution in [3.8, 4) is 0 Å². The molecule has 100 valence electrons. The molecule has 0 aliphatic heterocycles. The number of ketones is 1. The van der Waals surface area contributed by atoms with E-state index in [1.54, 1.807) is 42.5 Å². The van der Waals surface area contributed by atoms with Crippen molar-refractivity contribution in [2.24, 2.45) is 0 Å². The zero-order chi connectivity index (χ0) is 14.4. The minimum absolute atomic E-state index is 0.0816. The standard InChI is InChI=1S/C16H12O4/c17-14(11-12-7-3-1-4-8-12)16(19)20-15(18)13-9-5-2-6-10-13/h1-10H,11H2. The van der Waals surface area contributed by atoms with Crippen molar-refractivity contribution in [1.29, 1.82) is 0 Å². The Balaban J connectivity index is 1.95. The molecule has 20 heavy (non-hydrogen) atoms. The molecule has 4 heteroatoms. The van der Waals surface area contributed by atoms with Gasteiger partial charge in [-0.05, 0) is 17.7 Å². The Bertz CT molecular complexity index is 617. The minimum atomic E-state index is -1.14. The van der Waals surface area contributed by atoms with Crippen LogP contribution in [0, 0.1) is 0 Å². The van der Waals surface area contributed by atoms with E-state index in [-0.39, 0.29) is 12.0 Å². The van der Waals surface area contributed by atoms with Crippen LogP contribution in [-0.2, 0) is 20.7 Å². The molecule has 0 fully saturated rings. The first-order chi connectivity index (χ1) is 9.66. The van der Waals surface area contributed by atoms with E-state index in [4.69, 9.17) is 0 Å². The Kier molecular flexibility index (Phi) is 4.39. The van der Waals surface area contributed by atoms with Crippen LogP contribution in [0.25, 0.3) is 0 Å². The van der Waals surface area contributed by atoms with Crippen LogP contribution in [0.15, 0.2) is 60.7 Å². The number of Topliss-reactive ketones (excluding diaryl/α,β-unsaturated/α-hetero) is 1. The second kappa shape index (κ2) is 6.43. The Morgan fingerprint density at radius 1 is 0.800 bits per heavy atom. The van der Waals surface area contributed by atoms with Crippen LogP contribution in [0.2, 0.25) is 0 Å². The number of ether oxygens (including phenoxy) is 1. The SMILES string of the molecule is O=C(Cc1ccccc1)C(=O)OC(=O)c1ccccc1. The zero-order valence-corrected chi connectivity index (χ0v) is 10.6. The van der Waals surface area contributed by atoms with E-state index in [0.29, 0.717) is 5.56 Å². The highest BCUT2D eigenvalue weighted by Gasteiger charge is 2.20. The summed E-state index contributed by atoms with van der Waals surface area (Å²) in [6.07, 6.45) is -0.0816. The van der Waals surface area contributed by atoms with Crippen LogP contribution in [-0.4, -0.2) is 17.7 Å². The van der Waals surface area contributed by atoms with Gasteiger partial charge in [0.1, 0.15) is 0 Å². The molecule has 0 aromatic heterocycles. The van der Waals surface area contributed by atoms with Crippen molar-refractivity contribution >= 4 is 17.7 Å². The largest absolute Gasteiger partial charge is 0.384 e. The second-order valence-electron chi connectivity index (χ2n) is 4.13. The van der Waals surface area contributed by atoms with E-state index in [0.717, 1.165) is 0 Å². The monoisotopic (exact) mass is 268 g/mol. The number of benzene rings is 2. The van der Waals surface area contributed by atoms with Gasteiger partial charge < -0.3 is 4.74 Å². The quantitative estimate of drug-likeness (QED) is 0.484. The summed E-state index contributed by atoms with van der Waals surface area (Å²) in [5, 5.41) is 0. The van der Waals surface area contributed by atoms with Gasteiger partial charge >= 0.3 is 11.9 Å². The molecular weight excluding hydrogens is 256 g/mol. The predicted octanol–water partition coefficient (Wildman–Crippen LogP) is 2.18. The van der Waals surface area contributed by atoms with Crippen molar-refractivity contribution in [3.63, 3.8) is 0 Å². The summed E-state index contributed by atoms with van der Waals surface area (Å²) in [5.41, 5.74) is 0.926. The summed E-state index contributed by atoms with van der Waals surface area (Å²) < 4.78 is 4.54. The van der Waals surface area contributed by atoms with Crippen molar-refractivity contribution in [2.45, 2.75) is 6.42 Å². The fourth-order valence-corrected chi connectivity index (χ4v) is 1.63. The van der Waals surface area contributed by atoms with Gasteiger partial charge in [-0.15, -0.1) is 0 Å². The van der Waals surface area contributed by atoms with E-state index < -0.39 is 17.7 Å². The Morgan fingerprint density at radius 3 is 1.95 bits per heavy atom. The molecular formula is C16H12O4. The maximum Gasteiger partial charge on any atom is 0.382 e. The summed E-state index contributed by atoms with van der Waals surface area (Å²) in [7, 11) is 0. The number of hydrogen-bond donors (Lipinski definition) is 0. The molecule has 0 bridgehead atoms. The molecule has 0 amide bonds. The molecule has 4 nitrogen and oxygen atoms in total. The maximum absolute atomic E-state index is 11.7. The normalized spacial score (nSPS) is 9.80. The minimum Gasteiger partial charge on any atom is -0.384 e. The Hall–Kier alpha value is -2.75. The first kappa shape index (κ1) is 13.7. The lowest BCUT2D eigenvalue weighted by Crippen LogP contribution is -2.22. The molecule has 2 rings (SSSR count). The highest BCUT2D eigenvalue weighted by molar-refractivity contribution is 6.36. The topological polar surface area (TPSA) is 60.4 Å². The van der Waals surface area contributed by atoms with Gasteiger partial charge in [0.25, 0.3) is 0 Å². The van der Waals surface area contributed by atoms with Gasteiger partial charge in [-0.1, -0.05) is 48.5 Å². The molecule has 2 aromatic carbocycles. The van der Waals surface area contributed by atoms with Gasteiger partial charge in [0.15, 0.2) is 0 Å². The van der Waals surface area contributed by atoms with Gasteiger partial charge in [0, 0.05) is 6.42 Å². The summed E-state index contributed by atoms with van der Waals surface area (Å²) in [5.74, 6) is -2.71. The van der Waals surface area contributed by atoms with Crippen molar-refractivity contribution < 1.29 is 19.1 Å². The number of esters is 2. The van der Waals surface area contributed by atoms with Crippen molar-refractivity contribution in [1.82, 2.24) is 0 Å². The molecule has 0 atom stereocenters. The van der Waals surface area contributed by atoms with Crippen LogP contribution < -0.4 is 0 Å². The van der Waals surface area contributed by atoms with Gasteiger partial charge in [0.05, 0.1) is 5.56 Å². The van der Waals surface area contributed by atoms with E-state index in [1.807, 2.05) is 6.07 Å². The lowest BCUT2D eigenvalue weighted by atomic mass is 10.1. The molecule has 0 saturated heterocycles.